The normalized spacial score (nSPS) is 16.8. The number of carbonyl (C=O) groups is 3. The molecule has 1 saturated heterocycles. The number of nitrogens with one attached hydrogen (secondary N) is 1. The minimum absolute atomic E-state index is 0.116. The number of anilines is 2. The van der Waals surface area contributed by atoms with E-state index in [0.717, 1.165) is 17.0 Å². The Morgan fingerprint density at radius 3 is 2.30 bits per heavy atom. The number of ether oxygens (including phenoxy) is 3. The monoisotopic (exact) mass is 591 g/mol. The molecule has 11 nitrogen and oxygen atoms in total. The van der Waals surface area contributed by atoms with E-state index in [1.165, 1.54) is 49.6 Å². The van der Waals surface area contributed by atoms with E-state index < -0.39 is 41.6 Å². The second-order valence-electron chi connectivity index (χ2n) is 9.55. The second-order valence-corrected chi connectivity index (χ2v) is 9.55. The van der Waals surface area contributed by atoms with Gasteiger partial charge in [0.2, 0.25) is 11.8 Å². The zero-order chi connectivity index (χ0) is 30.8. The summed E-state index contributed by atoms with van der Waals surface area (Å²) in [6.07, 6.45) is 1.49. The van der Waals surface area contributed by atoms with Crippen LogP contribution >= 0.6 is 0 Å². The number of hydrogen-bond acceptors (Lipinski definition) is 8. The number of amides is 4. The smallest absolute Gasteiger partial charge is 0.331 e. The van der Waals surface area contributed by atoms with Gasteiger partial charge in [-0.2, -0.15) is 9.37 Å². The number of fused-ring (bicyclic) bond motifs is 1. The Balaban J connectivity index is 1.38. The van der Waals surface area contributed by atoms with E-state index in [1.54, 1.807) is 32.0 Å². The quantitative estimate of drug-likeness (QED) is 0.221. The highest BCUT2D eigenvalue weighted by Gasteiger charge is 2.48. The van der Waals surface area contributed by atoms with Gasteiger partial charge in [0, 0.05) is 24.2 Å². The molecule has 2 atom stereocenters. The van der Waals surface area contributed by atoms with Crippen LogP contribution in [0.15, 0.2) is 60.8 Å². The van der Waals surface area contributed by atoms with Crippen molar-refractivity contribution in [3.63, 3.8) is 0 Å². The molecule has 0 spiro atoms. The Morgan fingerprint density at radius 2 is 1.65 bits per heavy atom. The third-order valence-electron chi connectivity index (χ3n) is 7.10. The maximum absolute atomic E-state index is 15.1. The van der Waals surface area contributed by atoms with Gasteiger partial charge in [0.25, 0.3) is 5.95 Å². The molecule has 0 bridgehead atoms. The number of benzene rings is 2. The van der Waals surface area contributed by atoms with E-state index in [4.69, 9.17) is 14.2 Å². The van der Waals surface area contributed by atoms with Gasteiger partial charge in [0.05, 0.1) is 31.5 Å². The van der Waals surface area contributed by atoms with E-state index in [0.29, 0.717) is 22.4 Å². The van der Waals surface area contributed by atoms with Crippen LogP contribution in [0.4, 0.5) is 25.1 Å². The third kappa shape index (κ3) is 5.48. The van der Waals surface area contributed by atoms with Crippen LogP contribution in [0.3, 0.4) is 0 Å². The second kappa shape index (κ2) is 11.9. The Kier molecular flexibility index (Phi) is 8.06. The van der Waals surface area contributed by atoms with Crippen molar-refractivity contribution in [1.82, 2.24) is 14.9 Å². The number of nitrogens with zero attached hydrogens (tertiary/aromatic N) is 4. The minimum Gasteiger partial charge on any atom is -0.493 e. The molecule has 0 saturated carbocycles. The molecular weight excluding hydrogens is 564 g/mol. The highest BCUT2D eigenvalue weighted by molar-refractivity contribution is 6.23. The highest BCUT2D eigenvalue weighted by Crippen LogP contribution is 2.37. The Bertz CT molecular complexity index is 1720. The summed E-state index contributed by atoms with van der Waals surface area (Å²) in [5, 5.41) is 3.00. The van der Waals surface area contributed by atoms with Crippen molar-refractivity contribution in [2.75, 3.05) is 31.0 Å². The van der Waals surface area contributed by atoms with Gasteiger partial charge in [-0.25, -0.2) is 14.1 Å². The molecule has 4 amide bonds. The summed E-state index contributed by atoms with van der Waals surface area (Å²) in [6, 6.07) is 10.8. The number of pyridine rings is 2. The SMILES string of the molecule is CCN1C(=O)N(c2ccc(F)cc2)C(=O)C(C(=O)Nc2ccc(Oc3ccnc4cc(OC)c(OC)cc34)c(F)n2)C1C. The molecule has 3 heterocycles. The van der Waals surface area contributed by atoms with Crippen molar-refractivity contribution >= 4 is 40.3 Å². The zero-order valence-electron chi connectivity index (χ0n) is 23.6. The lowest BCUT2D eigenvalue weighted by Crippen LogP contribution is -2.63. The Morgan fingerprint density at radius 1 is 0.953 bits per heavy atom. The molecule has 1 aliphatic heterocycles. The van der Waals surface area contributed by atoms with Crippen molar-refractivity contribution in [2.24, 2.45) is 5.92 Å². The molecule has 5 rings (SSSR count). The third-order valence-corrected chi connectivity index (χ3v) is 7.10. The molecule has 0 aliphatic carbocycles. The molecule has 2 aromatic heterocycles. The maximum Gasteiger partial charge on any atom is 0.331 e. The predicted molar refractivity (Wildman–Crippen MR) is 152 cm³/mol. The Hall–Kier alpha value is -5.33. The molecule has 222 valence electrons. The van der Waals surface area contributed by atoms with Crippen LogP contribution in [0, 0.1) is 17.7 Å². The number of methoxy groups -OCH3 is 2. The first-order chi connectivity index (χ1) is 20.7. The van der Waals surface area contributed by atoms with E-state index in [2.05, 4.69) is 15.3 Å². The molecule has 43 heavy (non-hydrogen) atoms. The van der Waals surface area contributed by atoms with Crippen LogP contribution in [-0.2, 0) is 9.59 Å². The number of urea groups is 1. The predicted octanol–water partition coefficient (Wildman–Crippen LogP) is 5.15. The van der Waals surface area contributed by atoms with Crippen molar-refractivity contribution in [1.29, 1.82) is 0 Å². The summed E-state index contributed by atoms with van der Waals surface area (Å²) in [7, 11) is 2.98. The van der Waals surface area contributed by atoms with Crippen LogP contribution in [0.25, 0.3) is 10.9 Å². The highest BCUT2D eigenvalue weighted by atomic mass is 19.1. The fourth-order valence-electron chi connectivity index (χ4n) is 4.93. The lowest BCUT2D eigenvalue weighted by molar-refractivity contribution is -0.134. The Labute approximate surface area is 245 Å². The van der Waals surface area contributed by atoms with E-state index in [9.17, 15) is 18.8 Å². The van der Waals surface area contributed by atoms with Gasteiger partial charge in [-0.3, -0.25) is 14.6 Å². The van der Waals surface area contributed by atoms with Crippen LogP contribution < -0.4 is 24.4 Å². The molecule has 13 heteroatoms. The molecule has 0 radical (unpaired) electrons. The standard InChI is InChI=1S/C30H27F2N5O6/c1-5-36-16(2)26(29(39)37(30(36)40)18-8-6-17(31)7-9-18)28(38)35-25-11-10-22(27(32)34-25)43-21-12-13-33-20-15-24(42-4)23(41-3)14-19(20)21/h6-16,26H,5H2,1-4H3,(H,34,35,38). The molecule has 1 aliphatic rings. The van der Waals surface area contributed by atoms with Gasteiger partial charge >= 0.3 is 6.03 Å². The molecular formula is C30H27F2N5O6. The lowest BCUT2D eigenvalue weighted by atomic mass is 9.94. The fourth-order valence-corrected chi connectivity index (χ4v) is 4.93. The average molecular weight is 592 g/mol. The van der Waals surface area contributed by atoms with Crippen molar-refractivity contribution in [3.05, 3.63) is 72.6 Å². The summed E-state index contributed by atoms with van der Waals surface area (Å²) >= 11 is 0. The summed E-state index contributed by atoms with van der Waals surface area (Å²) in [4.78, 5) is 50.2. The first-order valence-corrected chi connectivity index (χ1v) is 13.2. The molecule has 4 aromatic rings. The minimum atomic E-state index is -1.35. The van der Waals surface area contributed by atoms with E-state index in [1.807, 2.05) is 0 Å². The number of imide groups is 1. The van der Waals surface area contributed by atoms with Crippen LogP contribution in [0.1, 0.15) is 13.8 Å². The zero-order valence-corrected chi connectivity index (χ0v) is 23.6. The number of halogens is 2. The molecule has 1 fully saturated rings. The first kappa shape index (κ1) is 29.2. The van der Waals surface area contributed by atoms with Crippen molar-refractivity contribution in [3.8, 4) is 23.0 Å². The van der Waals surface area contributed by atoms with Crippen LogP contribution in [-0.4, -0.2) is 59.5 Å². The van der Waals surface area contributed by atoms with Gasteiger partial charge in [-0.15, -0.1) is 0 Å². The van der Waals surface area contributed by atoms with Gasteiger partial charge in [0.15, 0.2) is 17.2 Å². The number of rotatable bonds is 8. The summed E-state index contributed by atoms with van der Waals surface area (Å²) in [5.74, 6) is -3.75. The van der Waals surface area contributed by atoms with Crippen molar-refractivity contribution < 1.29 is 37.4 Å². The molecule has 2 unspecified atom stereocenters. The summed E-state index contributed by atoms with van der Waals surface area (Å²) in [5.41, 5.74) is 0.637. The van der Waals surface area contributed by atoms with E-state index >= 15 is 4.39 Å². The molecule has 1 N–H and O–H groups in total. The van der Waals surface area contributed by atoms with Crippen molar-refractivity contribution in [2.45, 2.75) is 19.9 Å². The topological polar surface area (TPSA) is 123 Å². The van der Waals surface area contributed by atoms with Gasteiger partial charge in [0.1, 0.15) is 23.3 Å². The first-order valence-electron chi connectivity index (χ1n) is 13.2. The largest absolute Gasteiger partial charge is 0.493 e. The van der Waals surface area contributed by atoms with Gasteiger partial charge in [-0.05, 0) is 62.4 Å². The number of hydrogen-bond donors (Lipinski definition) is 1. The van der Waals surface area contributed by atoms with Crippen LogP contribution in [0.2, 0.25) is 0 Å². The fraction of sp³-hybridized carbons (Fsp3) is 0.233. The van der Waals surface area contributed by atoms with Gasteiger partial charge < -0.3 is 24.4 Å². The van der Waals surface area contributed by atoms with Crippen LogP contribution in [0.5, 0.6) is 23.0 Å². The summed E-state index contributed by atoms with van der Waals surface area (Å²) < 4.78 is 45.1. The summed E-state index contributed by atoms with van der Waals surface area (Å²) in [6.45, 7) is 3.48. The number of aromatic nitrogens is 2. The number of carbonyl (C=O) groups excluding carboxylic acids is 3. The van der Waals surface area contributed by atoms with E-state index in [-0.39, 0.29) is 29.5 Å². The lowest BCUT2D eigenvalue weighted by Gasteiger charge is -2.42. The molecule has 2 aromatic carbocycles. The van der Waals surface area contributed by atoms with Gasteiger partial charge in [-0.1, -0.05) is 0 Å². The average Bonchev–Trinajstić information content (AvgIpc) is 2.99. The maximum atomic E-state index is 15.1.